The van der Waals surface area contributed by atoms with E-state index in [0.29, 0.717) is 24.8 Å². The van der Waals surface area contributed by atoms with E-state index in [1.807, 2.05) is 0 Å². The molecule has 1 rings (SSSR count). The first-order valence-corrected chi connectivity index (χ1v) is 5.93. The third-order valence-corrected chi connectivity index (χ3v) is 2.44. The van der Waals surface area contributed by atoms with E-state index in [1.54, 1.807) is 12.1 Å². The quantitative estimate of drug-likeness (QED) is 0.749. The molecule has 0 N–H and O–H groups in total. The van der Waals surface area contributed by atoms with Crippen LogP contribution in [0.4, 0.5) is 4.39 Å². The molecular weight excluding hydrogens is 252 g/mol. The van der Waals surface area contributed by atoms with E-state index in [4.69, 9.17) is 23.2 Å². The first-order valence-electron chi connectivity index (χ1n) is 4.86. The van der Waals surface area contributed by atoms with E-state index in [-0.39, 0.29) is 11.5 Å². The van der Waals surface area contributed by atoms with Gasteiger partial charge in [0.25, 0.3) is 5.91 Å². The Balaban J connectivity index is 2.85. The molecule has 0 saturated carbocycles. The Morgan fingerprint density at radius 1 is 1.19 bits per heavy atom. The third-order valence-electron chi connectivity index (χ3n) is 2.10. The second-order valence-corrected chi connectivity index (χ2v) is 3.91. The summed E-state index contributed by atoms with van der Waals surface area (Å²) >= 11 is 11.1. The molecule has 0 atom stereocenters. The van der Waals surface area contributed by atoms with Crippen LogP contribution >= 0.6 is 23.2 Å². The van der Waals surface area contributed by atoms with Gasteiger partial charge >= 0.3 is 0 Å². The van der Waals surface area contributed by atoms with Crippen LogP contribution in [0, 0.1) is 5.82 Å². The molecule has 0 radical (unpaired) electrons. The van der Waals surface area contributed by atoms with Crippen molar-refractivity contribution in [1.29, 1.82) is 0 Å². The molecule has 16 heavy (non-hydrogen) atoms. The van der Waals surface area contributed by atoms with E-state index in [2.05, 4.69) is 0 Å². The summed E-state index contributed by atoms with van der Waals surface area (Å²) in [5.41, 5.74) is 0.0535. The van der Waals surface area contributed by atoms with Crippen LogP contribution in [0.25, 0.3) is 0 Å². The standard InChI is InChI=1S/C11H12Cl2FNO/c12-5-7-15(8-6-13)11(16)9-3-1-2-4-10(9)14/h1-4H,5-8H2. The van der Waals surface area contributed by atoms with Gasteiger partial charge in [-0.05, 0) is 12.1 Å². The number of halogens is 3. The van der Waals surface area contributed by atoms with E-state index in [9.17, 15) is 9.18 Å². The molecule has 1 aromatic rings. The number of carbonyl (C=O) groups is 1. The molecule has 0 saturated heterocycles. The number of hydrogen-bond acceptors (Lipinski definition) is 1. The molecule has 0 heterocycles. The summed E-state index contributed by atoms with van der Waals surface area (Å²) in [7, 11) is 0. The minimum Gasteiger partial charge on any atom is -0.336 e. The third kappa shape index (κ3) is 3.35. The highest BCUT2D eigenvalue weighted by Gasteiger charge is 2.17. The Morgan fingerprint density at radius 2 is 1.75 bits per heavy atom. The first-order chi connectivity index (χ1) is 7.70. The average Bonchev–Trinajstić information content (AvgIpc) is 2.28. The van der Waals surface area contributed by atoms with Crippen molar-refractivity contribution in [2.75, 3.05) is 24.8 Å². The number of hydrogen-bond donors (Lipinski definition) is 0. The van der Waals surface area contributed by atoms with Crippen LogP contribution in [0.15, 0.2) is 24.3 Å². The summed E-state index contributed by atoms with van der Waals surface area (Å²) in [6.45, 7) is 0.725. The van der Waals surface area contributed by atoms with Gasteiger partial charge in [-0.3, -0.25) is 4.79 Å². The summed E-state index contributed by atoms with van der Waals surface area (Å²) in [6, 6.07) is 5.87. The van der Waals surface area contributed by atoms with E-state index in [1.165, 1.54) is 17.0 Å². The fourth-order valence-electron chi connectivity index (χ4n) is 1.32. The molecular formula is C11H12Cl2FNO. The number of alkyl halides is 2. The highest BCUT2D eigenvalue weighted by molar-refractivity contribution is 6.18. The monoisotopic (exact) mass is 263 g/mol. The lowest BCUT2D eigenvalue weighted by Crippen LogP contribution is -2.34. The Bertz CT molecular complexity index is 354. The second-order valence-electron chi connectivity index (χ2n) is 3.15. The molecule has 0 aliphatic rings. The maximum absolute atomic E-state index is 13.4. The zero-order valence-corrected chi connectivity index (χ0v) is 10.1. The predicted molar refractivity (Wildman–Crippen MR) is 63.7 cm³/mol. The molecule has 0 aliphatic carbocycles. The van der Waals surface area contributed by atoms with E-state index < -0.39 is 5.82 Å². The topological polar surface area (TPSA) is 20.3 Å². The molecule has 0 unspecified atom stereocenters. The number of nitrogens with zero attached hydrogens (tertiary/aromatic N) is 1. The number of rotatable bonds is 5. The lowest BCUT2D eigenvalue weighted by Gasteiger charge is -2.20. The van der Waals surface area contributed by atoms with Crippen LogP contribution in [-0.4, -0.2) is 35.7 Å². The van der Waals surface area contributed by atoms with Gasteiger partial charge in [0, 0.05) is 24.8 Å². The fourth-order valence-corrected chi connectivity index (χ4v) is 1.73. The van der Waals surface area contributed by atoms with Crippen molar-refractivity contribution in [3.63, 3.8) is 0 Å². The van der Waals surface area contributed by atoms with E-state index >= 15 is 0 Å². The molecule has 2 nitrogen and oxygen atoms in total. The van der Waals surface area contributed by atoms with Crippen molar-refractivity contribution in [2.24, 2.45) is 0 Å². The van der Waals surface area contributed by atoms with Crippen molar-refractivity contribution < 1.29 is 9.18 Å². The molecule has 1 aromatic carbocycles. The molecule has 0 fully saturated rings. The normalized spacial score (nSPS) is 10.2. The Labute approximate surface area is 104 Å². The second kappa shape index (κ2) is 6.71. The van der Waals surface area contributed by atoms with Gasteiger partial charge in [-0.1, -0.05) is 12.1 Å². The predicted octanol–water partition coefficient (Wildman–Crippen LogP) is 2.75. The summed E-state index contributed by atoms with van der Waals surface area (Å²) in [5.74, 6) is -0.296. The minimum atomic E-state index is -0.526. The van der Waals surface area contributed by atoms with E-state index in [0.717, 1.165) is 0 Å². The van der Waals surface area contributed by atoms with Crippen LogP contribution < -0.4 is 0 Å². The van der Waals surface area contributed by atoms with Crippen LogP contribution in [0.3, 0.4) is 0 Å². The lowest BCUT2D eigenvalue weighted by molar-refractivity contribution is 0.0770. The first kappa shape index (κ1) is 13.3. The van der Waals surface area contributed by atoms with Crippen molar-refractivity contribution in [1.82, 2.24) is 4.90 Å². The van der Waals surface area contributed by atoms with Crippen LogP contribution in [-0.2, 0) is 0 Å². The highest BCUT2D eigenvalue weighted by Crippen LogP contribution is 2.10. The van der Waals surface area contributed by atoms with Gasteiger partial charge < -0.3 is 4.90 Å². The maximum Gasteiger partial charge on any atom is 0.256 e. The maximum atomic E-state index is 13.4. The molecule has 88 valence electrons. The fraction of sp³-hybridized carbons (Fsp3) is 0.364. The summed E-state index contributed by atoms with van der Waals surface area (Å²) in [4.78, 5) is 13.4. The van der Waals surface area contributed by atoms with Crippen molar-refractivity contribution in [2.45, 2.75) is 0 Å². The van der Waals surface area contributed by atoms with Gasteiger partial charge in [-0.15, -0.1) is 23.2 Å². The summed E-state index contributed by atoms with van der Waals surface area (Å²) in [5, 5.41) is 0. The number of amides is 1. The molecule has 0 spiro atoms. The molecule has 0 bridgehead atoms. The zero-order chi connectivity index (χ0) is 12.0. The van der Waals surface area contributed by atoms with Gasteiger partial charge in [-0.25, -0.2) is 4.39 Å². The van der Waals surface area contributed by atoms with Gasteiger partial charge in [0.2, 0.25) is 0 Å². The molecule has 0 aromatic heterocycles. The van der Waals surface area contributed by atoms with Gasteiger partial charge in [-0.2, -0.15) is 0 Å². The lowest BCUT2D eigenvalue weighted by atomic mass is 10.2. The summed E-state index contributed by atoms with van der Waals surface area (Å²) in [6.07, 6.45) is 0. The van der Waals surface area contributed by atoms with Crippen molar-refractivity contribution >= 4 is 29.1 Å². The molecule has 1 amide bonds. The average molecular weight is 264 g/mol. The van der Waals surface area contributed by atoms with Gasteiger partial charge in [0.05, 0.1) is 5.56 Å². The Hall–Kier alpha value is -0.800. The van der Waals surface area contributed by atoms with Gasteiger partial charge in [0.15, 0.2) is 0 Å². The van der Waals surface area contributed by atoms with Crippen LogP contribution in [0.1, 0.15) is 10.4 Å². The number of carbonyl (C=O) groups excluding carboxylic acids is 1. The SMILES string of the molecule is O=C(c1ccccc1F)N(CCCl)CCCl. The largest absolute Gasteiger partial charge is 0.336 e. The van der Waals surface area contributed by atoms with Crippen molar-refractivity contribution in [3.05, 3.63) is 35.6 Å². The zero-order valence-electron chi connectivity index (χ0n) is 8.63. The Morgan fingerprint density at radius 3 is 2.25 bits per heavy atom. The van der Waals surface area contributed by atoms with Crippen molar-refractivity contribution in [3.8, 4) is 0 Å². The molecule has 0 aliphatic heterocycles. The minimum absolute atomic E-state index is 0.0535. The van der Waals surface area contributed by atoms with Gasteiger partial charge in [0.1, 0.15) is 5.82 Å². The van der Waals surface area contributed by atoms with Crippen LogP contribution in [0.5, 0.6) is 0 Å². The summed E-state index contributed by atoms with van der Waals surface area (Å²) < 4.78 is 13.4. The Kier molecular flexibility index (Phi) is 5.56. The van der Waals surface area contributed by atoms with Crippen LogP contribution in [0.2, 0.25) is 0 Å². The highest BCUT2D eigenvalue weighted by atomic mass is 35.5. The smallest absolute Gasteiger partial charge is 0.256 e. The number of benzene rings is 1. The molecule has 5 heteroatoms.